The molecule has 3 aromatic carbocycles. The van der Waals surface area contributed by atoms with Crippen LogP contribution < -0.4 is 14.2 Å². The van der Waals surface area contributed by atoms with Crippen LogP contribution in [0.15, 0.2) is 83.9 Å². The van der Waals surface area contributed by atoms with E-state index in [9.17, 15) is 8.42 Å². The van der Waals surface area contributed by atoms with Gasteiger partial charge in [0.25, 0.3) is 10.0 Å². The molecule has 2 atom stereocenters. The molecule has 2 aliphatic heterocycles. The molecule has 2 aliphatic rings. The molecular weight excluding hydrogens is 598 g/mol. The van der Waals surface area contributed by atoms with Crippen molar-refractivity contribution in [2.24, 2.45) is 5.41 Å². The summed E-state index contributed by atoms with van der Waals surface area (Å²) in [6, 6.07) is 22.7. The molecule has 0 saturated heterocycles. The van der Waals surface area contributed by atoms with Gasteiger partial charge in [-0.2, -0.15) is 4.98 Å². The molecule has 10 heteroatoms. The number of hydrogen-bond acceptors (Lipinski definition) is 8. The van der Waals surface area contributed by atoms with Gasteiger partial charge < -0.3 is 9.47 Å². The van der Waals surface area contributed by atoms with Crippen LogP contribution >= 0.6 is 0 Å². The van der Waals surface area contributed by atoms with E-state index >= 15 is 0 Å². The monoisotopic (exact) mass is 635 g/mol. The van der Waals surface area contributed by atoms with Crippen LogP contribution in [0.4, 0.5) is 5.95 Å². The lowest BCUT2D eigenvalue weighted by Crippen LogP contribution is -2.47. The van der Waals surface area contributed by atoms with E-state index in [-0.39, 0.29) is 28.2 Å². The van der Waals surface area contributed by atoms with Crippen molar-refractivity contribution in [3.63, 3.8) is 0 Å². The van der Waals surface area contributed by atoms with Crippen molar-refractivity contribution >= 4 is 26.7 Å². The predicted octanol–water partition coefficient (Wildman–Crippen LogP) is 7.20. The van der Waals surface area contributed by atoms with Crippen LogP contribution in [0, 0.1) is 19.3 Å². The highest BCUT2D eigenvalue weighted by Crippen LogP contribution is 2.41. The Morgan fingerprint density at radius 1 is 0.957 bits per heavy atom. The topological polar surface area (TPSA) is 107 Å². The normalized spacial score (nSPS) is 19.2. The third-order valence-corrected chi connectivity index (χ3v) is 9.92. The van der Waals surface area contributed by atoms with Gasteiger partial charge in [0.05, 0.1) is 10.6 Å². The Hall–Kier alpha value is -4.54. The van der Waals surface area contributed by atoms with Gasteiger partial charge in [-0.1, -0.05) is 75.4 Å². The van der Waals surface area contributed by atoms with E-state index < -0.39 is 16.3 Å². The lowest BCUT2D eigenvalue weighted by molar-refractivity contribution is -0.0568. The lowest BCUT2D eigenvalue weighted by atomic mass is 9.87. The van der Waals surface area contributed by atoms with Crippen LogP contribution in [-0.2, 0) is 16.6 Å². The molecular formula is C36H37N5O4S. The Bertz CT molecular complexity index is 2060. The van der Waals surface area contributed by atoms with Crippen LogP contribution in [0.1, 0.15) is 55.7 Å². The Labute approximate surface area is 269 Å². The summed E-state index contributed by atoms with van der Waals surface area (Å²) in [7, 11) is -4.07. The smallest absolute Gasteiger partial charge is 0.264 e. The number of sulfonamides is 1. The third-order valence-electron chi connectivity index (χ3n) is 8.59. The van der Waals surface area contributed by atoms with Gasteiger partial charge in [-0.05, 0) is 54.3 Å². The number of aromatic nitrogens is 3. The molecule has 0 aliphatic carbocycles. The number of anilines is 1. The van der Waals surface area contributed by atoms with Crippen LogP contribution in [0.3, 0.4) is 0 Å². The average molecular weight is 636 g/mol. The summed E-state index contributed by atoms with van der Waals surface area (Å²) in [6.07, 6.45) is 1.99. The molecule has 2 aromatic heterocycles. The third kappa shape index (κ3) is 5.78. The molecule has 0 radical (unpaired) electrons. The number of ether oxygens (including phenoxy) is 2. The van der Waals surface area contributed by atoms with Crippen molar-refractivity contribution < 1.29 is 17.9 Å². The Kier molecular flexibility index (Phi) is 7.44. The number of nitrogens with one attached hydrogen (secondary N) is 1. The SMILES string of the molecule is Cc1cccc(C)c1-c1cc2nc(n1)NS(=O)(=O)c1cccc(c1)C1Oc3ncc4ccccc4c3CN1[C@H](CC(C)(C)C)CO2. The van der Waals surface area contributed by atoms with Gasteiger partial charge in [0, 0.05) is 46.9 Å². The molecule has 0 amide bonds. The second-order valence-electron chi connectivity index (χ2n) is 13.4. The maximum absolute atomic E-state index is 13.8. The molecule has 0 fully saturated rings. The minimum atomic E-state index is -4.07. The summed E-state index contributed by atoms with van der Waals surface area (Å²) in [6.45, 7) is 11.5. The highest BCUT2D eigenvalue weighted by Gasteiger charge is 2.38. The van der Waals surface area contributed by atoms with Gasteiger partial charge in [-0.25, -0.2) is 23.1 Å². The molecule has 4 bridgehead atoms. The Morgan fingerprint density at radius 3 is 2.50 bits per heavy atom. The van der Waals surface area contributed by atoms with Gasteiger partial charge in [-0.15, -0.1) is 0 Å². The van der Waals surface area contributed by atoms with Gasteiger partial charge in [0.15, 0.2) is 6.23 Å². The molecule has 5 aromatic rings. The molecule has 46 heavy (non-hydrogen) atoms. The molecule has 0 spiro atoms. The van der Waals surface area contributed by atoms with E-state index in [1.165, 1.54) is 0 Å². The second-order valence-corrected chi connectivity index (χ2v) is 15.0. The first-order valence-corrected chi connectivity index (χ1v) is 16.9. The van der Waals surface area contributed by atoms with E-state index in [0.717, 1.165) is 39.4 Å². The highest BCUT2D eigenvalue weighted by molar-refractivity contribution is 7.92. The van der Waals surface area contributed by atoms with Gasteiger partial charge >= 0.3 is 0 Å². The van der Waals surface area contributed by atoms with Gasteiger partial charge in [0.2, 0.25) is 17.7 Å². The van der Waals surface area contributed by atoms with Crippen molar-refractivity contribution in [1.82, 2.24) is 19.9 Å². The van der Waals surface area contributed by atoms with Crippen molar-refractivity contribution in [1.29, 1.82) is 0 Å². The number of hydrogen-bond donors (Lipinski definition) is 1. The summed E-state index contributed by atoms with van der Waals surface area (Å²) >= 11 is 0. The predicted molar refractivity (Wildman–Crippen MR) is 178 cm³/mol. The zero-order valence-electron chi connectivity index (χ0n) is 26.6. The quantitative estimate of drug-likeness (QED) is 0.217. The summed E-state index contributed by atoms with van der Waals surface area (Å²) in [5.41, 5.74) is 5.16. The van der Waals surface area contributed by atoms with Gasteiger partial charge in [-0.3, -0.25) is 4.90 Å². The maximum atomic E-state index is 13.8. The number of nitrogens with zero attached hydrogens (tertiary/aromatic N) is 4. The molecule has 9 nitrogen and oxygen atoms in total. The summed E-state index contributed by atoms with van der Waals surface area (Å²) in [5.74, 6) is 0.781. The fraction of sp³-hybridized carbons (Fsp3) is 0.306. The second kappa shape index (κ2) is 11.4. The van der Waals surface area contributed by atoms with E-state index in [2.05, 4.69) is 46.4 Å². The first-order chi connectivity index (χ1) is 21.9. The van der Waals surface area contributed by atoms with E-state index in [0.29, 0.717) is 30.3 Å². The van der Waals surface area contributed by atoms with Crippen LogP contribution in [0.2, 0.25) is 0 Å². The Morgan fingerprint density at radius 2 is 1.72 bits per heavy atom. The summed E-state index contributed by atoms with van der Waals surface area (Å²) in [5, 5.41) is 2.10. The zero-order valence-corrected chi connectivity index (χ0v) is 27.4. The number of aryl methyl sites for hydroxylation is 2. The number of pyridine rings is 1. The van der Waals surface area contributed by atoms with Crippen molar-refractivity contribution in [3.8, 4) is 23.0 Å². The minimum absolute atomic E-state index is 0.0516. The number of benzene rings is 3. The Balaban J connectivity index is 1.41. The van der Waals surface area contributed by atoms with Crippen molar-refractivity contribution in [3.05, 3.63) is 101 Å². The minimum Gasteiger partial charge on any atom is -0.476 e. The van der Waals surface area contributed by atoms with Crippen molar-refractivity contribution in [2.45, 2.75) is 64.7 Å². The number of fused-ring (bicyclic) bond motifs is 9. The largest absolute Gasteiger partial charge is 0.476 e. The molecule has 236 valence electrons. The fourth-order valence-electron chi connectivity index (χ4n) is 6.54. The van der Waals surface area contributed by atoms with Crippen molar-refractivity contribution in [2.75, 3.05) is 11.3 Å². The molecule has 1 unspecified atom stereocenters. The number of rotatable bonds is 2. The first-order valence-electron chi connectivity index (χ1n) is 15.5. The van der Waals surface area contributed by atoms with E-state index in [1.54, 1.807) is 24.3 Å². The average Bonchev–Trinajstić information content (AvgIpc) is 3.01. The molecule has 4 heterocycles. The molecule has 0 saturated carbocycles. The lowest BCUT2D eigenvalue weighted by Gasteiger charge is -2.43. The highest BCUT2D eigenvalue weighted by atomic mass is 32.2. The fourth-order valence-corrected chi connectivity index (χ4v) is 7.54. The van der Waals surface area contributed by atoms with Crippen LogP contribution in [-0.4, -0.2) is 40.9 Å². The van der Waals surface area contributed by atoms with Crippen LogP contribution in [0.25, 0.3) is 22.0 Å². The van der Waals surface area contributed by atoms with Gasteiger partial charge in [0.1, 0.15) is 6.61 Å². The van der Waals surface area contributed by atoms with E-state index in [1.807, 2.05) is 62.5 Å². The molecule has 1 N–H and O–H groups in total. The maximum Gasteiger partial charge on any atom is 0.264 e. The standard InChI is InChI=1S/C36H37N5O4S/c1-22-10-8-11-23(2)32(22)30-17-31-39-35(38-30)40-46(42,43)27-14-9-13-24(16-27)34-41(26(21-44-31)18-36(3,4)5)20-29-28-15-7-6-12-25(28)19-37-33(29)45-34/h6-17,19,26,34H,18,20-21H2,1-5H3,(H,38,39,40)/t26-,34?/m1/s1. The van der Waals surface area contributed by atoms with Crippen LogP contribution in [0.5, 0.6) is 11.8 Å². The van der Waals surface area contributed by atoms with E-state index in [4.69, 9.17) is 14.5 Å². The summed E-state index contributed by atoms with van der Waals surface area (Å²) < 4.78 is 43.5. The summed E-state index contributed by atoms with van der Waals surface area (Å²) in [4.78, 5) is 16.3. The first kappa shape index (κ1) is 30.1. The zero-order chi connectivity index (χ0) is 32.2. The molecule has 7 rings (SSSR count).